The summed E-state index contributed by atoms with van der Waals surface area (Å²) in [5.41, 5.74) is 0.680. The Kier molecular flexibility index (Phi) is 5.73. The molecule has 3 aromatic rings. The lowest BCUT2D eigenvalue weighted by atomic mass is 10.2. The summed E-state index contributed by atoms with van der Waals surface area (Å²) in [5.74, 6) is -2.22. The maximum absolute atomic E-state index is 12.5. The first-order valence-corrected chi connectivity index (χ1v) is 9.29. The second-order valence-electron chi connectivity index (χ2n) is 5.97. The van der Waals surface area contributed by atoms with E-state index in [-0.39, 0.29) is 16.8 Å². The molecule has 3 rings (SSSR count). The van der Waals surface area contributed by atoms with Crippen LogP contribution >= 0.6 is 11.3 Å². The molecule has 0 aliphatic heterocycles. The van der Waals surface area contributed by atoms with Crippen LogP contribution in [0.2, 0.25) is 0 Å². The van der Waals surface area contributed by atoms with Crippen LogP contribution in [0, 0.1) is 0 Å². The van der Waals surface area contributed by atoms with Gasteiger partial charge in [0.2, 0.25) is 0 Å². The third-order valence-electron chi connectivity index (χ3n) is 4.05. The fraction of sp³-hybridized carbons (Fsp3) is 0.211. The van der Waals surface area contributed by atoms with Gasteiger partial charge >= 0.3 is 12.3 Å². The molecule has 1 aromatic heterocycles. The number of aliphatic carboxylic acids is 1. The highest BCUT2D eigenvalue weighted by Gasteiger charge is 2.31. The second-order valence-corrected chi connectivity index (χ2v) is 6.98. The summed E-state index contributed by atoms with van der Waals surface area (Å²) in [7, 11) is 0. The number of hydrogen-bond acceptors (Lipinski definition) is 4. The van der Waals surface area contributed by atoms with Crippen LogP contribution in [0.1, 0.15) is 29.7 Å². The number of alkyl halides is 3. The van der Waals surface area contributed by atoms with Crippen LogP contribution in [0.15, 0.2) is 53.5 Å². The smallest absolute Gasteiger partial charge is 0.480 e. The van der Waals surface area contributed by atoms with Gasteiger partial charge in [-0.05, 0) is 42.8 Å². The lowest BCUT2D eigenvalue weighted by molar-refractivity contribution is -0.274. The topological polar surface area (TPSA) is 80.9 Å². The van der Waals surface area contributed by atoms with Crippen molar-refractivity contribution in [3.05, 3.63) is 58.9 Å². The Labute approximate surface area is 166 Å². The molecule has 1 amide bonds. The van der Waals surface area contributed by atoms with Gasteiger partial charge in [0.1, 0.15) is 11.8 Å². The lowest BCUT2D eigenvalue weighted by Crippen LogP contribution is -2.27. The molecule has 1 atom stereocenters. The number of thiazole rings is 1. The molecule has 0 fully saturated rings. The number of benzene rings is 2. The van der Waals surface area contributed by atoms with Gasteiger partial charge in [-0.3, -0.25) is 4.79 Å². The summed E-state index contributed by atoms with van der Waals surface area (Å²) in [6.45, 7) is 1.71. The molecule has 29 heavy (non-hydrogen) atoms. The minimum absolute atomic E-state index is 0.0481. The molecule has 10 heteroatoms. The number of hydrogen-bond donors (Lipinski definition) is 1. The zero-order valence-corrected chi connectivity index (χ0v) is 15.8. The van der Waals surface area contributed by atoms with Gasteiger partial charge in [-0.2, -0.15) is 4.99 Å². The van der Waals surface area contributed by atoms with E-state index in [1.54, 1.807) is 31.2 Å². The van der Waals surface area contributed by atoms with Crippen LogP contribution in [-0.4, -0.2) is 27.9 Å². The number of halogens is 3. The Morgan fingerprint density at radius 1 is 1.17 bits per heavy atom. The number of amides is 1. The molecule has 152 valence electrons. The van der Waals surface area contributed by atoms with Gasteiger partial charge < -0.3 is 14.4 Å². The summed E-state index contributed by atoms with van der Waals surface area (Å²) in [6.07, 6.45) is -4.55. The molecule has 0 aliphatic rings. The molecule has 0 radical (unpaired) electrons. The number of rotatable bonds is 5. The van der Waals surface area contributed by atoms with E-state index in [9.17, 15) is 27.9 Å². The summed E-state index contributed by atoms with van der Waals surface area (Å²) in [4.78, 5) is 28.5. The summed E-state index contributed by atoms with van der Waals surface area (Å²) < 4.78 is 42.8. The third kappa shape index (κ3) is 4.65. The highest BCUT2D eigenvalue weighted by Crippen LogP contribution is 2.24. The van der Waals surface area contributed by atoms with Gasteiger partial charge in [-0.1, -0.05) is 30.4 Å². The first kappa shape index (κ1) is 20.6. The number of ether oxygens (including phenoxy) is 1. The van der Waals surface area contributed by atoms with Crippen LogP contribution in [0.4, 0.5) is 13.2 Å². The van der Waals surface area contributed by atoms with E-state index in [0.717, 1.165) is 28.2 Å². The summed E-state index contributed by atoms with van der Waals surface area (Å²) in [6, 6.07) is 10.5. The van der Waals surface area contributed by atoms with E-state index in [2.05, 4.69) is 9.73 Å². The molecule has 1 N–H and O–H groups in total. The number of para-hydroxylation sites is 1. The largest absolute Gasteiger partial charge is 0.573 e. The standard InChI is InChI=1S/C19H15F3N2O4S/c1-2-13(17(26)27)24-14-5-3-4-6-15(14)29-18(24)23-16(25)11-7-9-12(10-8-11)28-19(20,21)22/h3-10,13H,2H2,1H3,(H,26,27). The van der Waals surface area contributed by atoms with Crippen molar-refractivity contribution >= 4 is 33.4 Å². The number of carbonyl (C=O) groups is 2. The van der Waals surface area contributed by atoms with E-state index in [4.69, 9.17) is 0 Å². The number of carbonyl (C=O) groups excluding carboxylic acids is 1. The zero-order valence-electron chi connectivity index (χ0n) is 15.0. The minimum atomic E-state index is -4.83. The number of carboxylic acid groups (broad SMARTS) is 1. The lowest BCUT2D eigenvalue weighted by Gasteiger charge is -2.13. The van der Waals surface area contributed by atoms with Crippen molar-refractivity contribution < 1.29 is 32.6 Å². The maximum atomic E-state index is 12.5. The van der Waals surface area contributed by atoms with Crippen LogP contribution in [0.5, 0.6) is 5.75 Å². The molecule has 6 nitrogen and oxygen atoms in total. The molecule has 0 aliphatic carbocycles. The average molecular weight is 424 g/mol. The van der Waals surface area contributed by atoms with Crippen molar-refractivity contribution in [3.63, 3.8) is 0 Å². The van der Waals surface area contributed by atoms with Crippen molar-refractivity contribution in [2.45, 2.75) is 25.7 Å². The number of aromatic nitrogens is 1. The first-order chi connectivity index (χ1) is 13.7. The fourth-order valence-electron chi connectivity index (χ4n) is 2.79. The van der Waals surface area contributed by atoms with Crippen molar-refractivity contribution in [2.75, 3.05) is 0 Å². The van der Waals surface area contributed by atoms with Gasteiger partial charge in [0.15, 0.2) is 4.80 Å². The number of carboxylic acids is 1. The molecular weight excluding hydrogens is 409 g/mol. The zero-order chi connectivity index (χ0) is 21.2. The number of nitrogens with zero attached hydrogens (tertiary/aromatic N) is 2. The van der Waals surface area contributed by atoms with Gasteiger partial charge in [0.05, 0.1) is 10.2 Å². The molecule has 1 unspecified atom stereocenters. The predicted molar refractivity (Wildman–Crippen MR) is 99.8 cm³/mol. The number of fused-ring (bicyclic) bond motifs is 1. The molecule has 2 aromatic carbocycles. The Hall–Kier alpha value is -3.14. The van der Waals surface area contributed by atoms with Crippen molar-refractivity contribution in [2.24, 2.45) is 4.99 Å². The van der Waals surface area contributed by atoms with Gasteiger partial charge in [-0.15, -0.1) is 13.2 Å². The summed E-state index contributed by atoms with van der Waals surface area (Å²) in [5, 5.41) is 9.55. The Balaban J connectivity index is 2.03. The van der Waals surface area contributed by atoms with E-state index >= 15 is 0 Å². The van der Waals surface area contributed by atoms with Crippen molar-refractivity contribution in [1.82, 2.24) is 4.57 Å². The van der Waals surface area contributed by atoms with Crippen LogP contribution in [-0.2, 0) is 4.79 Å². The average Bonchev–Trinajstić information content (AvgIpc) is 2.99. The molecular formula is C19H15F3N2O4S. The molecule has 0 bridgehead atoms. The van der Waals surface area contributed by atoms with E-state index in [1.165, 1.54) is 16.7 Å². The summed E-state index contributed by atoms with van der Waals surface area (Å²) >= 11 is 1.16. The molecule has 0 saturated heterocycles. The Morgan fingerprint density at radius 3 is 2.41 bits per heavy atom. The Bertz CT molecular complexity index is 1120. The monoisotopic (exact) mass is 424 g/mol. The minimum Gasteiger partial charge on any atom is -0.480 e. The fourth-order valence-corrected chi connectivity index (χ4v) is 3.86. The van der Waals surface area contributed by atoms with Gasteiger partial charge in [0.25, 0.3) is 5.91 Å². The molecule has 0 saturated carbocycles. The predicted octanol–water partition coefficient (Wildman–Crippen LogP) is 4.38. The van der Waals surface area contributed by atoms with Crippen LogP contribution in [0.25, 0.3) is 10.2 Å². The van der Waals surface area contributed by atoms with E-state index < -0.39 is 30.0 Å². The maximum Gasteiger partial charge on any atom is 0.573 e. The van der Waals surface area contributed by atoms with Crippen LogP contribution in [0.3, 0.4) is 0 Å². The second kappa shape index (κ2) is 8.08. The molecule has 1 heterocycles. The quantitative estimate of drug-likeness (QED) is 0.659. The highest BCUT2D eigenvalue weighted by molar-refractivity contribution is 7.16. The first-order valence-electron chi connectivity index (χ1n) is 8.47. The highest BCUT2D eigenvalue weighted by atomic mass is 32.1. The van der Waals surface area contributed by atoms with Crippen molar-refractivity contribution in [1.29, 1.82) is 0 Å². The normalized spacial score (nSPS) is 13.4. The van der Waals surface area contributed by atoms with Crippen LogP contribution < -0.4 is 9.54 Å². The molecule has 0 spiro atoms. The van der Waals surface area contributed by atoms with Crippen molar-refractivity contribution in [3.8, 4) is 5.75 Å². The van der Waals surface area contributed by atoms with Gasteiger partial charge in [0, 0.05) is 5.56 Å². The van der Waals surface area contributed by atoms with E-state index in [1.807, 2.05) is 0 Å². The third-order valence-corrected chi connectivity index (χ3v) is 5.08. The van der Waals surface area contributed by atoms with Gasteiger partial charge in [-0.25, -0.2) is 4.79 Å². The van der Waals surface area contributed by atoms with E-state index in [0.29, 0.717) is 5.52 Å². The SMILES string of the molecule is CCC(C(=O)O)n1c(=NC(=O)c2ccc(OC(F)(F)F)cc2)sc2ccccc21. The Morgan fingerprint density at radius 2 is 1.83 bits per heavy atom.